The summed E-state index contributed by atoms with van der Waals surface area (Å²) in [6, 6.07) is 5.24. The van der Waals surface area contributed by atoms with Crippen molar-refractivity contribution in [1.82, 2.24) is 0 Å². The summed E-state index contributed by atoms with van der Waals surface area (Å²) < 4.78 is 30.8. The van der Waals surface area contributed by atoms with Crippen molar-refractivity contribution in [3.63, 3.8) is 0 Å². The topological polar surface area (TPSA) is 33.0 Å². The molecule has 0 atom stereocenters. The quantitative estimate of drug-likeness (QED) is 0.684. The number of nitrogens with zero attached hydrogens (tertiary/aromatic N) is 1. The standard InChI is InChI=1S/C10H7F2NO/c11-7-1-2-8(9(12)3-7)10(4-13)5-14-6-10/h1-3H,5-6H2. The molecule has 0 unspecified atom stereocenters. The zero-order valence-electron chi connectivity index (χ0n) is 7.26. The van der Waals surface area contributed by atoms with Crippen molar-refractivity contribution in [2.75, 3.05) is 13.2 Å². The fraction of sp³-hybridized carbons (Fsp3) is 0.300. The van der Waals surface area contributed by atoms with Gasteiger partial charge in [0, 0.05) is 11.6 Å². The van der Waals surface area contributed by atoms with Crippen molar-refractivity contribution in [2.24, 2.45) is 0 Å². The molecule has 1 saturated heterocycles. The van der Waals surface area contributed by atoms with Gasteiger partial charge < -0.3 is 4.74 Å². The first kappa shape index (κ1) is 9.10. The molecule has 0 saturated carbocycles. The monoisotopic (exact) mass is 195 g/mol. The van der Waals surface area contributed by atoms with Gasteiger partial charge in [-0.3, -0.25) is 0 Å². The highest BCUT2D eigenvalue weighted by Gasteiger charge is 2.42. The maximum atomic E-state index is 13.3. The molecule has 1 heterocycles. The summed E-state index contributed by atoms with van der Waals surface area (Å²) in [5.41, 5.74) is -0.703. The van der Waals surface area contributed by atoms with Crippen LogP contribution in [0.2, 0.25) is 0 Å². The number of hydrogen-bond acceptors (Lipinski definition) is 2. The second kappa shape index (κ2) is 3.03. The Kier molecular flexibility index (Phi) is 1.97. The summed E-state index contributed by atoms with van der Waals surface area (Å²) in [6.07, 6.45) is 0. The van der Waals surface area contributed by atoms with E-state index >= 15 is 0 Å². The zero-order valence-corrected chi connectivity index (χ0v) is 7.26. The van der Waals surface area contributed by atoms with Crippen LogP contribution in [0.15, 0.2) is 18.2 Å². The molecule has 1 aliphatic heterocycles. The minimum Gasteiger partial charge on any atom is -0.377 e. The van der Waals surface area contributed by atoms with Crippen LogP contribution in [0.25, 0.3) is 0 Å². The largest absolute Gasteiger partial charge is 0.377 e. The van der Waals surface area contributed by atoms with E-state index in [2.05, 4.69) is 0 Å². The van der Waals surface area contributed by atoms with Crippen molar-refractivity contribution in [1.29, 1.82) is 5.26 Å². The molecule has 0 bridgehead atoms. The maximum absolute atomic E-state index is 13.3. The van der Waals surface area contributed by atoms with E-state index in [-0.39, 0.29) is 18.8 Å². The average molecular weight is 195 g/mol. The van der Waals surface area contributed by atoms with Gasteiger partial charge in [-0.1, -0.05) is 6.07 Å². The van der Waals surface area contributed by atoms with Crippen LogP contribution < -0.4 is 0 Å². The lowest BCUT2D eigenvalue weighted by Gasteiger charge is -2.35. The Morgan fingerprint density at radius 2 is 2.07 bits per heavy atom. The number of rotatable bonds is 1. The number of ether oxygens (including phenoxy) is 1. The Morgan fingerprint density at radius 3 is 2.50 bits per heavy atom. The van der Waals surface area contributed by atoms with Crippen molar-refractivity contribution in [3.05, 3.63) is 35.4 Å². The normalized spacial score (nSPS) is 18.4. The molecular weight excluding hydrogens is 188 g/mol. The van der Waals surface area contributed by atoms with Gasteiger partial charge in [0.2, 0.25) is 0 Å². The summed E-state index contributed by atoms with van der Waals surface area (Å²) >= 11 is 0. The van der Waals surface area contributed by atoms with Crippen molar-refractivity contribution in [2.45, 2.75) is 5.41 Å². The van der Waals surface area contributed by atoms with E-state index in [1.165, 1.54) is 6.07 Å². The smallest absolute Gasteiger partial charge is 0.131 e. The van der Waals surface area contributed by atoms with Gasteiger partial charge >= 0.3 is 0 Å². The van der Waals surface area contributed by atoms with E-state index in [1.54, 1.807) is 0 Å². The van der Waals surface area contributed by atoms with Crippen LogP contribution in [-0.4, -0.2) is 13.2 Å². The Balaban J connectivity index is 2.46. The molecule has 0 radical (unpaired) electrons. The van der Waals surface area contributed by atoms with Crippen LogP contribution in [0.1, 0.15) is 5.56 Å². The summed E-state index contributed by atoms with van der Waals surface area (Å²) in [5.74, 6) is -1.32. The second-order valence-electron chi connectivity index (χ2n) is 3.31. The minimum atomic E-state index is -0.919. The van der Waals surface area contributed by atoms with E-state index < -0.39 is 17.0 Å². The molecule has 0 N–H and O–H groups in total. The van der Waals surface area contributed by atoms with Crippen LogP contribution in [0.5, 0.6) is 0 Å². The first-order valence-electron chi connectivity index (χ1n) is 4.12. The Bertz CT molecular complexity index is 407. The molecule has 0 aromatic heterocycles. The van der Waals surface area contributed by atoms with Crippen molar-refractivity contribution < 1.29 is 13.5 Å². The molecule has 2 nitrogen and oxygen atoms in total. The van der Waals surface area contributed by atoms with Crippen LogP contribution in [0.3, 0.4) is 0 Å². The molecule has 4 heteroatoms. The number of benzene rings is 1. The van der Waals surface area contributed by atoms with Gasteiger partial charge in [0.1, 0.15) is 17.0 Å². The summed E-state index contributed by atoms with van der Waals surface area (Å²) in [7, 11) is 0. The fourth-order valence-electron chi connectivity index (χ4n) is 1.46. The van der Waals surface area contributed by atoms with E-state index in [1.807, 2.05) is 6.07 Å². The molecule has 0 amide bonds. The molecular formula is C10H7F2NO. The third kappa shape index (κ3) is 1.17. The third-order valence-corrected chi connectivity index (χ3v) is 2.36. The van der Waals surface area contributed by atoms with Crippen molar-refractivity contribution >= 4 is 0 Å². The van der Waals surface area contributed by atoms with Gasteiger partial charge in [0.15, 0.2) is 0 Å². The van der Waals surface area contributed by atoms with Crippen LogP contribution in [0, 0.1) is 23.0 Å². The first-order valence-corrected chi connectivity index (χ1v) is 4.12. The highest BCUT2D eigenvalue weighted by Crippen LogP contribution is 2.33. The molecule has 1 aromatic rings. The van der Waals surface area contributed by atoms with Crippen LogP contribution in [-0.2, 0) is 10.2 Å². The van der Waals surface area contributed by atoms with Gasteiger partial charge in [-0.15, -0.1) is 0 Å². The lowest BCUT2D eigenvalue weighted by atomic mass is 9.80. The number of hydrogen-bond donors (Lipinski definition) is 0. The average Bonchev–Trinajstić information content (AvgIpc) is 2.07. The Labute approximate surface area is 79.7 Å². The molecule has 14 heavy (non-hydrogen) atoms. The SMILES string of the molecule is N#CC1(c2ccc(F)cc2F)COC1. The van der Waals surface area contributed by atoms with Gasteiger partial charge in [0.25, 0.3) is 0 Å². The highest BCUT2D eigenvalue weighted by molar-refractivity contribution is 5.36. The minimum absolute atomic E-state index is 0.173. The molecule has 72 valence electrons. The third-order valence-electron chi connectivity index (χ3n) is 2.36. The second-order valence-corrected chi connectivity index (χ2v) is 3.31. The maximum Gasteiger partial charge on any atom is 0.131 e. The predicted molar refractivity (Wildman–Crippen MR) is 44.5 cm³/mol. The molecule has 1 aromatic carbocycles. The molecule has 2 rings (SSSR count). The summed E-state index contributed by atoms with van der Waals surface area (Å²) in [4.78, 5) is 0. The summed E-state index contributed by atoms with van der Waals surface area (Å²) in [6.45, 7) is 0.345. The molecule has 0 aliphatic carbocycles. The summed E-state index contributed by atoms with van der Waals surface area (Å²) in [5, 5.41) is 8.89. The molecule has 0 spiro atoms. The Morgan fingerprint density at radius 1 is 1.36 bits per heavy atom. The Hall–Kier alpha value is -1.47. The van der Waals surface area contributed by atoms with Gasteiger partial charge in [-0.2, -0.15) is 5.26 Å². The lowest BCUT2D eigenvalue weighted by Crippen LogP contribution is -2.46. The van der Waals surface area contributed by atoms with E-state index in [0.29, 0.717) is 0 Å². The predicted octanol–water partition coefficient (Wildman–Crippen LogP) is 1.76. The fourth-order valence-corrected chi connectivity index (χ4v) is 1.46. The van der Waals surface area contributed by atoms with Crippen molar-refractivity contribution in [3.8, 4) is 6.07 Å². The number of nitriles is 1. The van der Waals surface area contributed by atoms with Gasteiger partial charge in [0.05, 0.1) is 19.3 Å². The highest BCUT2D eigenvalue weighted by atomic mass is 19.1. The lowest BCUT2D eigenvalue weighted by molar-refractivity contribution is -0.0313. The molecule has 1 fully saturated rings. The van der Waals surface area contributed by atoms with Crippen LogP contribution in [0.4, 0.5) is 8.78 Å². The van der Waals surface area contributed by atoms with E-state index in [0.717, 1.165) is 12.1 Å². The zero-order chi connectivity index (χ0) is 10.2. The molecule has 1 aliphatic rings. The number of halogens is 2. The van der Waals surface area contributed by atoms with Gasteiger partial charge in [-0.05, 0) is 6.07 Å². The van der Waals surface area contributed by atoms with E-state index in [9.17, 15) is 8.78 Å². The van der Waals surface area contributed by atoms with Gasteiger partial charge in [-0.25, -0.2) is 8.78 Å². The van der Waals surface area contributed by atoms with Crippen LogP contribution >= 0.6 is 0 Å². The van der Waals surface area contributed by atoms with E-state index in [4.69, 9.17) is 10.00 Å². The first-order chi connectivity index (χ1) is 6.68.